The van der Waals surface area contributed by atoms with Crippen molar-refractivity contribution in [3.63, 3.8) is 0 Å². The monoisotopic (exact) mass is 380 g/mol. The number of nitrogens with zero attached hydrogens (tertiary/aromatic N) is 4. The molecule has 0 aliphatic carbocycles. The van der Waals surface area contributed by atoms with Crippen molar-refractivity contribution >= 4 is 22.7 Å². The molecule has 3 heterocycles. The number of hydrogen-bond donors (Lipinski definition) is 2. The van der Waals surface area contributed by atoms with Crippen molar-refractivity contribution in [2.45, 2.75) is 13.8 Å². The molecule has 2 N–H and O–H groups in total. The number of H-pyrrole nitrogens is 1. The van der Waals surface area contributed by atoms with E-state index in [0.29, 0.717) is 5.95 Å². The number of aryl methyl sites for hydroxylation is 2. The van der Waals surface area contributed by atoms with Gasteiger partial charge in [0, 0.05) is 34.5 Å². The fourth-order valence-electron chi connectivity index (χ4n) is 3.60. The minimum atomic E-state index is 0.558. The van der Waals surface area contributed by atoms with Crippen LogP contribution in [0.3, 0.4) is 0 Å². The van der Waals surface area contributed by atoms with Crippen LogP contribution in [0.1, 0.15) is 11.4 Å². The van der Waals surface area contributed by atoms with E-state index in [1.165, 1.54) is 11.4 Å². The summed E-state index contributed by atoms with van der Waals surface area (Å²) in [5.41, 5.74) is 8.22. The number of anilines is 2. The maximum atomic E-state index is 4.69. The number of aromatic amines is 1. The molecule has 0 fully saturated rings. The smallest absolute Gasteiger partial charge is 0.227 e. The molecule has 0 atom stereocenters. The van der Waals surface area contributed by atoms with Crippen LogP contribution >= 0.6 is 0 Å². The van der Waals surface area contributed by atoms with Crippen LogP contribution in [-0.2, 0) is 0 Å². The van der Waals surface area contributed by atoms with Crippen LogP contribution in [-0.4, -0.2) is 24.5 Å². The van der Waals surface area contributed by atoms with E-state index in [4.69, 9.17) is 0 Å². The van der Waals surface area contributed by atoms with Gasteiger partial charge in [-0.3, -0.25) is 0 Å². The summed E-state index contributed by atoms with van der Waals surface area (Å²) >= 11 is 0. The maximum absolute atomic E-state index is 4.69. The number of rotatable bonds is 4. The van der Waals surface area contributed by atoms with E-state index in [1.54, 1.807) is 12.5 Å². The second-order valence-electron chi connectivity index (χ2n) is 7.03. The highest BCUT2D eigenvalue weighted by Gasteiger charge is 2.07. The summed E-state index contributed by atoms with van der Waals surface area (Å²) in [4.78, 5) is 16.5. The molecule has 6 heteroatoms. The van der Waals surface area contributed by atoms with Gasteiger partial charge in [-0.15, -0.1) is 0 Å². The third-order valence-corrected chi connectivity index (χ3v) is 5.00. The zero-order valence-corrected chi connectivity index (χ0v) is 16.2. The van der Waals surface area contributed by atoms with Gasteiger partial charge in [0.2, 0.25) is 5.95 Å². The summed E-state index contributed by atoms with van der Waals surface area (Å²) in [5, 5.41) is 3.33. The molecule has 0 aliphatic rings. The number of nitrogens with one attached hydrogen (secondary N) is 2. The van der Waals surface area contributed by atoms with Crippen LogP contribution in [0.25, 0.3) is 28.0 Å². The van der Waals surface area contributed by atoms with Gasteiger partial charge < -0.3 is 14.9 Å². The highest BCUT2D eigenvalue weighted by atomic mass is 15.1. The first kappa shape index (κ1) is 17.2. The van der Waals surface area contributed by atoms with Gasteiger partial charge in [0.15, 0.2) is 0 Å². The lowest BCUT2D eigenvalue weighted by Gasteiger charge is -2.12. The second-order valence-corrected chi connectivity index (χ2v) is 7.03. The highest BCUT2D eigenvalue weighted by Crippen LogP contribution is 2.24. The summed E-state index contributed by atoms with van der Waals surface area (Å²) in [6.45, 7) is 4.21. The number of fused-ring (bicyclic) bond motifs is 1. The Morgan fingerprint density at radius 3 is 2.62 bits per heavy atom. The van der Waals surface area contributed by atoms with Gasteiger partial charge in [0.1, 0.15) is 0 Å². The first-order valence-corrected chi connectivity index (χ1v) is 9.46. The van der Waals surface area contributed by atoms with Crippen molar-refractivity contribution in [1.82, 2.24) is 24.5 Å². The van der Waals surface area contributed by atoms with Gasteiger partial charge >= 0.3 is 0 Å². The van der Waals surface area contributed by atoms with Gasteiger partial charge in [-0.1, -0.05) is 12.1 Å². The number of aromatic nitrogens is 5. The Kier molecular flexibility index (Phi) is 4.09. The van der Waals surface area contributed by atoms with Crippen LogP contribution in [0, 0.1) is 13.8 Å². The average molecular weight is 380 g/mol. The molecule has 5 rings (SSSR count). The molecule has 0 radical (unpaired) electrons. The van der Waals surface area contributed by atoms with Crippen LogP contribution in [0.5, 0.6) is 0 Å². The molecular weight excluding hydrogens is 360 g/mol. The fraction of sp³-hybridized carbons (Fsp3) is 0.0870. The van der Waals surface area contributed by atoms with Crippen molar-refractivity contribution in [2.75, 3.05) is 5.32 Å². The molecule has 29 heavy (non-hydrogen) atoms. The Morgan fingerprint density at radius 1 is 0.897 bits per heavy atom. The Balaban J connectivity index is 1.45. The molecule has 0 amide bonds. The number of hydrogen-bond acceptors (Lipinski definition) is 4. The molecule has 0 spiro atoms. The van der Waals surface area contributed by atoms with Crippen LogP contribution < -0.4 is 5.32 Å². The molecule has 0 aliphatic heterocycles. The second kappa shape index (κ2) is 6.91. The van der Waals surface area contributed by atoms with Crippen molar-refractivity contribution in [2.24, 2.45) is 0 Å². The molecule has 0 saturated heterocycles. The molecule has 2 aromatic carbocycles. The van der Waals surface area contributed by atoms with Gasteiger partial charge in [-0.05, 0) is 62.4 Å². The lowest BCUT2D eigenvalue weighted by molar-refractivity contribution is 0.966. The summed E-state index contributed by atoms with van der Waals surface area (Å²) in [5.74, 6) is 0.558. The molecule has 0 unspecified atom stereocenters. The van der Waals surface area contributed by atoms with Crippen LogP contribution in [0.2, 0.25) is 0 Å². The minimum Gasteiger partial charge on any atom is -0.345 e. The van der Waals surface area contributed by atoms with E-state index >= 15 is 0 Å². The molecule has 5 aromatic rings. The van der Waals surface area contributed by atoms with E-state index in [2.05, 4.69) is 67.9 Å². The summed E-state index contributed by atoms with van der Waals surface area (Å²) in [7, 11) is 0. The summed E-state index contributed by atoms with van der Waals surface area (Å²) in [6.07, 6.45) is 3.46. The molecule has 3 aromatic heterocycles. The fourth-order valence-corrected chi connectivity index (χ4v) is 3.60. The predicted octanol–water partition coefficient (Wildman–Crippen LogP) is 5.17. The Bertz CT molecular complexity index is 1290. The Hall–Kier alpha value is -3.93. The SMILES string of the molecule is Cc1ccc(C)n1-c1cccc(Nc2nccc(-c3ccc4[nH]cnc4c3)n2)c1. The van der Waals surface area contributed by atoms with Crippen molar-refractivity contribution < 1.29 is 0 Å². The van der Waals surface area contributed by atoms with E-state index in [0.717, 1.165) is 33.7 Å². The van der Waals surface area contributed by atoms with Crippen molar-refractivity contribution in [3.8, 4) is 16.9 Å². The first-order chi connectivity index (χ1) is 14.2. The quantitative estimate of drug-likeness (QED) is 0.451. The van der Waals surface area contributed by atoms with Gasteiger partial charge in [-0.25, -0.2) is 15.0 Å². The number of imidazole rings is 1. The van der Waals surface area contributed by atoms with Gasteiger partial charge in [0.25, 0.3) is 0 Å². The summed E-state index contributed by atoms with van der Waals surface area (Å²) in [6, 6.07) is 20.5. The topological polar surface area (TPSA) is 71.4 Å². The van der Waals surface area contributed by atoms with E-state index < -0.39 is 0 Å². The molecule has 142 valence electrons. The Labute approximate surface area is 168 Å². The zero-order chi connectivity index (χ0) is 19.8. The van der Waals surface area contributed by atoms with Crippen LogP contribution in [0.4, 0.5) is 11.6 Å². The average Bonchev–Trinajstić information content (AvgIpc) is 3.34. The normalized spacial score (nSPS) is 11.1. The van der Waals surface area contributed by atoms with Gasteiger partial charge in [-0.2, -0.15) is 0 Å². The number of benzene rings is 2. The largest absolute Gasteiger partial charge is 0.345 e. The van der Waals surface area contributed by atoms with E-state index in [1.807, 2.05) is 36.4 Å². The molecular formula is C23H20N6. The predicted molar refractivity (Wildman–Crippen MR) is 116 cm³/mol. The van der Waals surface area contributed by atoms with Gasteiger partial charge in [0.05, 0.1) is 23.1 Å². The standard InChI is InChI=1S/C23H20N6/c1-15-6-7-16(2)29(15)19-5-3-4-18(13-19)27-23-24-11-10-20(28-23)17-8-9-21-22(12-17)26-14-25-21/h3-14H,1-2H3,(H,25,26)(H,24,27,28). The third-order valence-electron chi connectivity index (χ3n) is 5.00. The molecule has 0 bridgehead atoms. The molecule has 0 saturated carbocycles. The van der Waals surface area contributed by atoms with E-state index in [-0.39, 0.29) is 0 Å². The van der Waals surface area contributed by atoms with Crippen molar-refractivity contribution in [1.29, 1.82) is 0 Å². The van der Waals surface area contributed by atoms with Crippen LogP contribution in [0.15, 0.2) is 73.2 Å². The maximum Gasteiger partial charge on any atom is 0.227 e. The third kappa shape index (κ3) is 3.25. The van der Waals surface area contributed by atoms with E-state index in [9.17, 15) is 0 Å². The first-order valence-electron chi connectivity index (χ1n) is 9.46. The van der Waals surface area contributed by atoms with Crippen molar-refractivity contribution in [3.05, 3.63) is 84.6 Å². The Morgan fingerprint density at radius 2 is 1.76 bits per heavy atom. The minimum absolute atomic E-state index is 0.558. The lowest BCUT2D eigenvalue weighted by Crippen LogP contribution is -2.01. The zero-order valence-electron chi connectivity index (χ0n) is 16.2. The summed E-state index contributed by atoms with van der Waals surface area (Å²) < 4.78 is 2.22. The highest BCUT2D eigenvalue weighted by molar-refractivity contribution is 5.80. The molecule has 6 nitrogen and oxygen atoms in total. The lowest BCUT2D eigenvalue weighted by atomic mass is 10.1.